The first kappa shape index (κ1) is 21.4. The first-order valence-electron chi connectivity index (χ1n) is 9.01. The summed E-state index contributed by atoms with van der Waals surface area (Å²) in [5.41, 5.74) is 1.34. The normalized spacial score (nSPS) is 17.2. The SMILES string of the molecule is Cc1ccc(NC(=O)C2(S(C)(=O)=O)CCNCC2)cc1NC(=O)C(C)(C)C. The fraction of sp³-hybridized carbons (Fsp3) is 0.579. The van der Waals surface area contributed by atoms with Crippen LogP contribution in [0, 0.1) is 12.3 Å². The monoisotopic (exact) mass is 395 g/mol. The molecule has 150 valence electrons. The maximum absolute atomic E-state index is 12.9. The number of amides is 2. The van der Waals surface area contributed by atoms with Crippen molar-refractivity contribution in [3.63, 3.8) is 0 Å². The maximum atomic E-state index is 12.9. The van der Waals surface area contributed by atoms with Crippen molar-refractivity contribution < 1.29 is 18.0 Å². The molecular formula is C19H29N3O4S. The molecule has 8 heteroatoms. The smallest absolute Gasteiger partial charge is 0.245 e. The van der Waals surface area contributed by atoms with E-state index >= 15 is 0 Å². The molecule has 1 aliphatic heterocycles. The van der Waals surface area contributed by atoms with E-state index in [1.807, 2.05) is 27.7 Å². The molecule has 0 bridgehead atoms. The quantitative estimate of drug-likeness (QED) is 0.724. The molecule has 3 N–H and O–H groups in total. The summed E-state index contributed by atoms with van der Waals surface area (Å²) in [6.45, 7) is 8.25. The highest BCUT2D eigenvalue weighted by Crippen LogP contribution is 2.30. The molecular weight excluding hydrogens is 366 g/mol. The van der Waals surface area contributed by atoms with Gasteiger partial charge in [-0.3, -0.25) is 9.59 Å². The van der Waals surface area contributed by atoms with Gasteiger partial charge in [-0.15, -0.1) is 0 Å². The highest BCUT2D eigenvalue weighted by molar-refractivity contribution is 7.92. The highest BCUT2D eigenvalue weighted by Gasteiger charge is 2.48. The van der Waals surface area contributed by atoms with Crippen LogP contribution in [0.1, 0.15) is 39.2 Å². The lowest BCUT2D eigenvalue weighted by atomic mass is 9.95. The number of carbonyl (C=O) groups is 2. The number of hydrogen-bond donors (Lipinski definition) is 3. The third kappa shape index (κ3) is 4.68. The van der Waals surface area contributed by atoms with Crippen molar-refractivity contribution in [2.45, 2.75) is 45.3 Å². The van der Waals surface area contributed by atoms with Crippen molar-refractivity contribution in [3.8, 4) is 0 Å². The third-order valence-corrected chi connectivity index (χ3v) is 6.97. The minimum Gasteiger partial charge on any atom is -0.325 e. The average Bonchev–Trinajstić information content (AvgIpc) is 2.56. The van der Waals surface area contributed by atoms with Gasteiger partial charge < -0.3 is 16.0 Å². The van der Waals surface area contributed by atoms with Crippen LogP contribution in [-0.2, 0) is 19.4 Å². The first-order chi connectivity index (χ1) is 12.4. The second kappa shape index (κ2) is 7.59. The fourth-order valence-electron chi connectivity index (χ4n) is 2.99. The van der Waals surface area contributed by atoms with E-state index < -0.39 is 25.9 Å². The van der Waals surface area contributed by atoms with E-state index in [0.717, 1.165) is 11.8 Å². The van der Waals surface area contributed by atoms with Gasteiger partial charge in [0.25, 0.3) is 0 Å². The Balaban J connectivity index is 2.27. The van der Waals surface area contributed by atoms with Gasteiger partial charge in [-0.1, -0.05) is 26.8 Å². The van der Waals surface area contributed by atoms with Gasteiger partial charge in [-0.2, -0.15) is 0 Å². The lowest BCUT2D eigenvalue weighted by Gasteiger charge is -2.34. The molecule has 0 spiro atoms. The molecule has 1 aromatic rings. The zero-order chi connectivity index (χ0) is 20.5. The molecule has 7 nitrogen and oxygen atoms in total. The van der Waals surface area contributed by atoms with Crippen molar-refractivity contribution in [2.75, 3.05) is 30.0 Å². The summed E-state index contributed by atoms with van der Waals surface area (Å²) in [4.78, 5) is 25.2. The van der Waals surface area contributed by atoms with Gasteiger partial charge in [0, 0.05) is 23.0 Å². The summed E-state index contributed by atoms with van der Waals surface area (Å²) in [5.74, 6) is -0.663. The Labute approximate surface area is 161 Å². The Morgan fingerprint density at radius 2 is 1.70 bits per heavy atom. The van der Waals surface area contributed by atoms with Crippen LogP contribution in [0.25, 0.3) is 0 Å². The van der Waals surface area contributed by atoms with Crippen LogP contribution in [-0.4, -0.2) is 44.3 Å². The van der Waals surface area contributed by atoms with Crippen molar-refractivity contribution in [1.82, 2.24) is 5.32 Å². The number of aryl methyl sites for hydroxylation is 1. The number of sulfone groups is 1. The second-order valence-electron chi connectivity index (χ2n) is 8.20. The largest absolute Gasteiger partial charge is 0.325 e. The molecule has 1 saturated heterocycles. The van der Waals surface area contributed by atoms with Gasteiger partial charge in [0.1, 0.15) is 0 Å². The van der Waals surface area contributed by atoms with E-state index in [1.54, 1.807) is 18.2 Å². The predicted octanol–water partition coefficient (Wildman–Crippen LogP) is 2.08. The Hall–Kier alpha value is -1.93. The summed E-state index contributed by atoms with van der Waals surface area (Å²) in [6, 6.07) is 5.15. The predicted molar refractivity (Wildman–Crippen MR) is 108 cm³/mol. The molecule has 1 aliphatic rings. The molecule has 0 aromatic heterocycles. The zero-order valence-corrected chi connectivity index (χ0v) is 17.4. The number of hydrogen-bond acceptors (Lipinski definition) is 5. The Morgan fingerprint density at radius 3 is 2.22 bits per heavy atom. The van der Waals surface area contributed by atoms with E-state index in [2.05, 4.69) is 16.0 Å². The van der Waals surface area contributed by atoms with Gasteiger partial charge in [0.05, 0.1) is 0 Å². The van der Waals surface area contributed by atoms with Gasteiger partial charge in [0.15, 0.2) is 14.6 Å². The minimum atomic E-state index is -3.59. The first-order valence-corrected chi connectivity index (χ1v) is 10.9. The molecule has 0 radical (unpaired) electrons. The van der Waals surface area contributed by atoms with Crippen molar-refractivity contribution >= 4 is 33.0 Å². The molecule has 2 amide bonds. The number of nitrogens with one attached hydrogen (secondary N) is 3. The molecule has 27 heavy (non-hydrogen) atoms. The van der Waals surface area contributed by atoms with Gasteiger partial charge in [0.2, 0.25) is 11.8 Å². The standard InChI is InChI=1S/C19H29N3O4S/c1-13-6-7-14(12-15(13)22-16(23)18(2,3)4)21-17(24)19(27(5,25)26)8-10-20-11-9-19/h6-7,12,20H,8-11H2,1-5H3,(H,21,24)(H,22,23). The third-order valence-electron chi connectivity index (χ3n) is 4.96. The van der Waals surface area contributed by atoms with E-state index in [-0.39, 0.29) is 18.7 Å². The Bertz CT molecular complexity index is 835. The van der Waals surface area contributed by atoms with Crippen LogP contribution >= 0.6 is 0 Å². The fourth-order valence-corrected chi connectivity index (χ4v) is 4.32. The van der Waals surface area contributed by atoms with Gasteiger partial charge in [-0.05, 0) is 50.6 Å². The van der Waals surface area contributed by atoms with Crippen LogP contribution < -0.4 is 16.0 Å². The molecule has 0 saturated carbocycles. The summed E-state index contributed by atoms with van der Waals surface area (Å²) in [7, 11) is -3.59. The number of rotatable bonds is 4. The van der Waals surface area contributed by atoms with E-state index in [9.17, 15) is 18.0 Å². The topological polar surface area (TPSA) is 104 Å². The molecule has 1 fully saturated rings. The average molecular weight is 396 g/mol. The van der Waals surface area contributed by atoms with Gasteiger partial charge >= 0.3 is 0 Å². The van der Waals surface area contributed by atoms with Gasteiger partial charge in [-0.25, -0.2) is 8.42 Å². The number of piperidine rings is 1. The van der Waals surface area contributed by atoms with Crippen molar-refractivity contribution in [3.05, 3.63) is 23.8 Å². The van der Waals surface area contributed by atoms with E-state index in [1.165, 1.54) is 0 Å². The summed E-state index contributed by atoms with van der Waals surface area (Å²) in [6.07, 6.45) is 1.58. The molecule has 1 aromatic carbocycles. The van der Waals surface area contributed by atoms with Crippen LogP contribution in [0.4, 0.5) is 11.4 Å². The Morgan fingerprint density at radius 1 is 1.11 bits per heavy atom. The summed E-state index contributed by atoms with van der Waals surface area (Å²) >= 11 is 0. The van der Waals surface area contributed by atoms with Crippen LogP contribution in [0.5, 0.6) is 0 Å². The van der Waals surface area contributed by atoms with Crippen LogP contribution in [0.3, 0.4) is 0 Å². The number of benzene rings is 1. The molecule has 0 unspecified atom stereocenters. The lowest BCUT2D eigenvalue weighted by Crippen LogP contribution is -2.55. The minimum absolute atomic E-state index is 0.139. The second-order valence-corrected chi connectivity index (χ2v) is 10.5. The van der Waals surface area contributed by atoms with Crippen molar-refractivity contribution in [1.29, 1.82) is 0 Å². The number of anilines is 2. The van der Waals surface area contributed by atoms with Crippen LogP contribution in [0.2, 0.25) is 0 Å². The molecule has 0 atom stereocenters. The molecule has 2 rings (SSSR count). The summed E-state index contributed by atoms with van der Waals surface area (Å²) < 4.78 is 23.3. The zero-order valence-electron chi connectivity index (χ0n) is 16.6. The Kier molecular flexibility index (Phi) is 6.01. The molecule has 1 heterocycles. The summed E-state index contributed by atoms with van der Waals surface area (Å²) in [5, 5.41) is 8.70. The number of carbonyl (C=O) groups excluding carboxylic acids is 2. The molecule has 0 aliphatic carbocycles. The van der Waals surface area contributed by atoms with Crippen LogP contribution in [0.15, 0.2) is 18.2 Å². The highest BCUT2D eigenvalue weighted by atomic mass is 32.2. The van der Waals surface area contributed by atoms with Crippen molar-refractivity contribution in [2.24, 2.45) is 5.41 Å². The maximum Gasteiger partial charge on any atom is 0.245 e. The lowest BCUT2D eigenvalue weighted by molar-refractivity contribution is -0.123. The van der Waals surface area contributed by atoms with E-state index in [0.29, 0.717) is 24.5 Å². The van der Waals surface area contributed by atoms with E-state index in [4.69, 9.17) is 0 Å².